The van der Waals surface area contributed by atoms with Gasteiger partial charge in [0, 0.05) is 43.9 Å². The van der Waals surface area contributed by atoms with Gasteiger partial charge in [-0.3, -0.25) is 0 Å². The maximum Gasteiger partial charge on any atom is 0.164 e. The van der Waals surface area contributed by atoms with Gasteiger partial charge in [-0.05, 0) is 59.7 Å². The molecule has 0 saturated heterocycles. The van der Waals surface area contributed by atoms with Crippen LogP contribution in [0.25, 0.3) is 94.7 Å². The first kappa shape index (κ1) is 38.0. The third-order valence-corrected chi connectivity index (χ3v) is 11.2. The number of hydrogen-bond acceptors (Lipinski definition) is 4. The number of para-hydroxylation sites is 1. The molecule has 0 amide bonds. The lowest BCUT2D eigenvalue weighted by Gasteiger charge is -2.22. The summed E-state index contributed by atoms with van der Waals surface area (Å²) in [7, 11) is 63.2. The SMILES string of the molecule is [B]c1c([B])c([B])c(-c2nc(-c3ccc4c(c3)oc3ccc(-n5c6ccccc6c6cc(-c7ccccc7)ccc65)cc34)nc(-c3c([B])c([B])c([B])c([B])c3[B])n2)c([B])c1[B]. The van der Waals surface area contributed by atoms with E-state index < -0.39 is 0 Å². The van der Waals surface area contributed by atoms with Gasteiger partial charge in [-0.2, -0.15) is 0 Å². The molecule has 0 aliphatic carbocycles. The van der Waals surface area contributed by atoms with E-state index in [-0.39, 0.29) is 83.2 Å². The van der Waals surface area contributed by atoms with Gasteiger partial charge in [-0.15, -0.1) is 32.8 Å². The van der Waals surface area contributed by atoms with Crippen LogP contribution in [0, 0.1) is 0 Å². The Morgan fingerprint density at radius 2 is 0.883 bits per heavy atom. The fourth-order valence-electron chi connectivity index (χ4n) is 8.01. The van der Waals surface area contributed by atoms with Crippen molar-refractivity contribution >= 4 is 177 Å². The third kappa shape index (κ3) is 5.80. The molecule has 0 N–H and O–H groups in total. The number of furan rings is 1. The van der Waals surface area contributed by atoms with Gasteiger partial charge in [-0.1, -0.05) is 82.5 Å². The van der Waals surface area contributed by atoms with Crippen LogP contribution >= 0.6 is 0 Å². The Morgan fingerprint density at radius 1 is 0.350 bits per heavy atom. The molecular weight excluding hydrogens is 721 g/mol. The smallest absolute Gasteiger partial charge is 0.164 e. The van der Waals surface area contributed by atoms with Crippen LogP contribution in [0.4, 0.5) is 0 Å². The Balaban J connectivity index is 1.14. The second-order valence-corrected chi connectivity index (χ2v) is 14.6. The van der Waals surface area contributed by atoms with Crippen LogP contribution in [0.3, 0.4) is 0 Å². The average Bonchev–Trinajstić information content (AvgIpc) is 3.81. The van der Waals surface area contributed by atoms with Crippen molar-refractivity contribution in [2.24, 2.45) is 0 Å². The Morgan fingerprint density at radius 3 is 1.52 bits per heavy atom. The van der Waals surface area contributed by atoms with Crippen molar-refractivity contribution in [3.8, 4) is 51.0 Å². The number of benzene rings is 7. The van der Waals surface area contributed by atoms with Gasteiger partial charge < -0.3 is 8.98 Å². The largest absolute Gasteiger partial charge is 0.456 e. The summed E-state index contributed by atoms with van der Waals surface area (Å²) in [5.41, 5.74) is 7.75. The lowest BCUT2D eigenvalue weighted by atomic mass is 9.60. The normalized spacial score (nSPS) is 11.7. The number of fused-ring (bicyclic) bond motifs is 6. The van der Waals surface area contributed by atoms with Crippen molar-refractivity contribution in [3.05, 3.63) is 109 Å². The van der Waals surface area contributed by atoms with Gasteiger partial charge in [0.2, 0.25) is 0 Å². The summed E-state index contributed by atoms with van der Waals surface area (Å²) in [4.78, 5) is 14.3. The van der Waals surface area contributed by atoms with E-state index in [2.05, 4.69) is 88.4 Å². The summed E-state index contributed by atoms with van der Waals surface area (Å²) in [6.07, 6.45) is 0. The first-order valence-electron chi connectivity index (χ1n) is 18.8. The minimum Gasteiger partial charge on any atom is -0.456 e. The van der Waals surface area contributed by atoms with Crippen molar-refractivity contribution in [3.63, 3.8) is 0 Å². The molecule has 7 aromatic carbocycles. The van der Waals surface area contributed by atoms with Crippen molar-refractivity contribution < 1.29 is 4.42 Å². The molecule has 10 aromatic rings. The number of rotatable bonds is 5. The van der Waals surface area contributed by atoms with Gasteiger partial charge >= 0.3 is 0 Å². The monoisotopic (exact) mass is 740 g/mol. The molecule has 0 unspecified atom stereocenters. The van der Waals surface area contributed by atoms with Gasteiger partial charge in [0.05, 0.1) is 11.0 Å². The van der Waals surface area contributed by atoms with Crippen molar-refractivity contribution in [1.29, 1.82) is 0 Å². The van der Waals surface area contributed by atoms with Crippen molar-refractivity contribution in [2.75, 3.05) is 0 Å². The molecule has 0 fully saturated rings. The van der Waals surface area contributed by atoms with E-state index in [1.807, 2.05) is 30.3 Å². The van der Waals surface area contributed by atoms with Crippen LogP contribution in [-0.2, 0) is 0 Å². The van der Waals surface area contributed by atoms with E-state index in [1.54, 1.807) is 0 Å². The molecule has 3 heterocycles. The maximum absolute atomic E-state index is 6.48. The molecule has 0 spiro atoms. The maximum atomic E-state index is 6.48. The Labute approximate surface area is 359 Å². The standard InChI is InChI=1S/C45H18B10N4O/c46-33-31(34(47)38(51)41(54)37(33)50)44-56-43(57-45(58-44)32-35(48)39(52)42(55)40(53)36(32)49)21-10-13-24-26-18-22(12-15-29(26)60-30(24)17-21)59-27-9-5-4-8-23(27)25-16-20(11-14-28(25)59)19-6-2-1-3-7-19/h1-18H. The van der Waals surface area contributed by atoms with Gasteiger partial charge in [-0.25, -0.2) is 15.0 Å². The predicted molar refractivity (Wildman–Crippen MR) is 257 cm³/mol. The zero-order valence-corrected chi connectivity index (χ0v) is 31.9. The molecule has 5 nitrogen and oxygen atoms in total. The minimum atomic E-state index is 0.00702. The zero-order valence-electron chi connectivity index (χ0n) is 31.9. The van der Waals surface area contributed by atoms with Gasteiger partial charge in [0.1, 0.15) is 89.6 Å². The fourth-order valence-corrected chi connectivity index (χ4v) is 8.01. The van der Waals surface area contributed by atoms with E-state index >= 15 is 0 Å². The first-order chi connectivity index (χ1) is 28.9. The fraction of sp³-hybridized carbons (Fsp3) is 0. The third-order valence-electron chi connectivity index (χ3n) is 11.2. The summed E-state index contributed by atoms with van der Waals surface area (Å²) in [6, 6.07) is 37.2. The molecule has 0 aliphatic rings. The zero-order chi connectivity index (χ0) is 41.7. The highest BCUT2D eigenvalue weighted by atomic mass is 16.3. The van der Waals surface area contributed by atoms with Crippen LogP contribution in [-0.4, -0.2) is 98.0 Å². The van der Waals surface area contributed by atoms with Crippen LogP contribution in [0.15, 0.2) is 114 Å². The quantitative estimate of drug-likeness (QED) is 0.223. The lowest BCUT2D eigenvalue weighted by molar-refractivity contribution is 0.669. The summed E-state index contributed by atoms with van der Waals surface area (Å²) in [5, 5.41) is 4.10. The summed E-state index contributed by atoms with van der Waals surface area (Å²) < 4.78 is 8.75. The number of hydrogen-bond donors (Lipinski definition) is 0. The Bertz CT molecular complexity index is 3310. The topological polar surface area (TPSA) is 56.7 Å². The van der Waals surface area contributed by atoms with E-state index in [0.29, 0.717) is 16.7 Å². The summed E-state index contributed by atoms with van der Waals surface area (Å²) in [5.74, 6) is 0.193. The highest BCUT2D eigenvalue weighted by Crippen LogP contribution is 2.38. The second-order valence-electron chi connectivity index (χ2n) is 14.6. The van der Waals surface area contributed by atoms with Crippen molar-refractivity contribution in [1.82, 2.24) is 19.5 Å². The predicted octanol–water partition coefficient (Wildman–Crippen LogP) is -0.526. The highest BCUT2D eigenvalue weighted by Gasteiger charge is 2.22. The summed E-state index contributed by atoms with van der Waals surface area (Å²) >= 11 is 0. The minimum absolute atomic E-state index is 0.00702. The Hall–Kier alpha value is -6.20. The van der Waals surface area contributed by atoms with E-state index in [9.17, 15) is 0 Å². The van der Waals surface area contributed by atoms with Gasteiger partial charge in [0.25, 0.3) is 0 Å². The molecule has 20 radical (unpaired) electrons. The number of aromatic nitrogens is 4. The first-order valence-corrected chi connectivity index (χ1v) is 18.8. The molecule has 0 bridgehead atoms. The average molecular weight is 739 g/mol. The molecule has 10 rings (SSSR count). The molecule has 0 atom stereocenters. The Kier molecular flexibility index (Phi) is 9.02. The van der Waals surface area contributed by atoms with Crippen LogP contribution in [0.5, 0.6) is 0 Å². The highest BCUT2D eigenvalue weighted by molar-refractivity contribution is 6.70. The van der Waals surface area contributed by atoms with Crippen molar-refractivity contribution in [2.45, 2.75) is 0 Å². The molecule has 0 saturated carbocycles. The van der Waals surface area contributed by atoms with E-state index in [0.717, 1.165) is 49.4 Å². The lowest BCUT2D eigenvalue weighted by Crippen LogP contribution is -2.55. The molecule has 254 valence electrons. The van der Waals surface area contributed by atoms with E-state index in [4.69, 9.17) is 92.8 Å². The summed E-state index contributed by atoms with van der Waals surface area (Å²) in [6.45, 7) is 0. The molecule has 15 heteroatoms. The van der Waals surface area contributed by atoms with Crippen LogP contribution < -0.4 is 54.6 Å². The molecular formula is C45H18B10N4O. The van der Waals surface area contributed by atoms with E-state index in [1.165, 1.54) is 0 Å². The molecule has 3 aromatic heterocycles. The molecule has 0 aliphatic heterocycles. The molecule has 60 heavy (non-hydrogen) atoms. The van der Waals surface area contributed by atoms with Gasteiger partial charge in [0.15, 0.2) is 17.5 Å². The second kappa shape index (κ2) is 14.2. The van der Waals surface area contributed by atoms with Crippen LogP contribution in [0.1, 0.15) is 0 Å². The van der Waals surface area contributed by atoms with Crippen LogP contribution in [0.2, 0.25) is 0 Å². The number of nitrogens with zero attached hydrogens (tertiary/aromatic N) is 4.